The van der Waals surface area contributed by atoms with Gasteiger partial charge in [-0.15, -0.1) is 0 Å². The number of halogens is 1. The summed E-state index contributed by atoms with van der Waals surface area (Å²) in [6.07, 6.45) is 2.77. The lowest BCUT2D eigenvalue weighted by Gasteiger charge is -2.07. The summed E-state index contributed by atoms with van der Waals surface area (Å²) >= 11 is 0. The van der Waals surface area contributed by atoms with Gasteiger partial charge in [-0.1, -0.05) is 18.2 Å². The molecule has 6 nitrogen and oxygen atoms in total. The summed E-state index contributed by atoms with van der Waals surface area (Å²) in [5, 5.41) is 0. The van der Waals surface area contributed by atoms with E-state index in [2.05, 4.69) is 20.4 Å². The molecule has 2 heterocycles. The van der Waals surface area contributed by atoms with Crippen molar-refractivity contribution in [3.8, 4) is 0 Å². The molecule has 22 heavy (non-hydrogen) atoms. The number of imidazole rings is 1. The van der Waals surface area contributed by atoms with Gasteiger partial charge in [-0.3, -0.25) is 0 Å². The van der Waals surface area contributed by atoms with E-state index in [1.807, 2.05) is 17.6 Å². The molecule has 0 aliphatic rings. The van der Waals surface area contributed by atoms with Crippen molar-refractivity contribution in [2.75, 3.05) is 5.43 Å². The van der Waals surface area contributed by atoms with Crippen LogP contribution in [0.3, 0.4) is 0 Å². The first kappa shape index (κ1) is 14.4. The Bertz CT molecular complexity index is 798. The number of benzene rings is 1. The fourth-order valence-corrected chi connectivity index (χ4v) is 2.38. The first-order valence-electron chi connectivity index (χ1n) is 7.14. The molecule has 0 amide bonds. The normalized spacial score (nSPS) is 11.0. The number of fused-ring (bicyclic) bond motifs is 1. The second-order valence-electron chi connectivity index (χ2n) is 4.93. The lowest BCUT2D eigenvalue weighted by molar-refractivity contribution is 0.607. The van der Waals surface area contributed by atoms with Crippen LogP contribution in [0.25, 0.3) is 11.2 Å². The van der Waals surface area contributed by atoms with E-state index in [0.29, 0.717) is 35.6 Å². The summed E-state index contributed by atoms with van der Waals surface area (Å²) in [6.45, 7) is 2.77. The standard InChI is InChI=1S/C15H17FN6/c1-2-22-9-18-13-14(21-17)19-12(20-15(13)22)8-7-10-5-3-4-6-11(10)16/h3-6,9H,2,7-8,17H2,1H3,(H,19,20,21). The van der Waals surface area contributed by atoms with Crippen LogP contribution in [0.15, 0.2) is 30.6 Å². The molecule has 0 fully saturated rings. The van der Waals surface area contributed by atoms with Crippen molar-refractivity contribution in [3.63, 3.8) is 0 Å². The number of nitrogens with two attached hydrogens (primary N) is 1. The Morgan fingerprint density at radius 1 is 1.23 bits per heavy atom. The van der Waals surface area contributed by atoms with E-state index in [4.69, 9.17) is 5.84 Å². The Hall–Kier alpha value is -2.54. The molecule has 0 bridgehead atoms. The van der Waals surface area contributed by atoms with Gasteiger partial charge in [-0.05, 0) is 25.0 Å². The number of nitrogens with zero attached hydrogens (tertiary/aromatic N) is 4. The number of hydrogen-bond acceptors (Lipinski definition) is 5. The van der Waals surface area contributed by atoms with Gasteiger partial charge in [0.15, 0.2) is 17.0 Å². The minimum atomic E-state index is -0.209. The molecule has 7 heteroatoms. The molecule has 1 aromatic carbocycles. The Labute approximate surface area is 127 Å². The average Bonchev–Trinajstić information content (AvgIpc) is 2.96. The van der Waals surface area contributed by atoms with Gasteiger partial charge < -0.3 is 9.99 Å². The molecule has 0 aliphatic carbocycles. The largest absolute Gasteiger partial charge is 0.315 e. The molecule has 0 unspecified atom stereocenters. The maximum absolute atomic E-state index is 13.7. The molecule has 0 atom stereocenters. The van der Waals surface area contributed by atoms with Crippen molar-refractivity contribution in [3.05, 3.63) is 47.8 Å². The van der Waals surface area contributed by atoms with Gasteiger partial charge in [0, 0.05) is 13.0 Å². The Morgan fingerprint density at radius 2 is 2.05 bits per heavy atom. The minimum absolute atomic E-state index is 0.209. The van der Waals surface area contributed by atoms with Gasteiger partial charge in [0.1, 0.15) is 11.6 Å². The Balaban J connectivity index is 1.92. The van der Waals surface area contributed by atoms with Gasteiger partial charge in [-0.2, -0.15) is 0 Å². The number of hydrazine groups is 1. The van der Waals surface area contributed by atoms with Crippen LogP contribution in [0.5, 0.6) is 0 Å². The van der Waals surface area contributed by atoms with Crippen LogP contribution in [-0.4, -0.2) is 19.5 Å². The quantitative estimate of drug-likeness (QED) is 0.557. The van der Waals surface area contributed by atoms with Crippen molar-refractivity contribution in [2.24, 2.45) is 5.84 Å². The topological polar surface area (TPSA) is 81.7 Å². The van der Waals surface area contributed by atoms with E-state index >= 15 is 0 Å². The summed E-state index contributed by atoms with van der Waals surface area (Å²) < 4.78 is 15.6. The number of rotatable bonds is 5. The molecule has 0 aliphatic heterocycles. The fraction of sp³-hybridized carbons (Fsp3) is 0.267. The first-order chi connectivity index (χ1) is 10.7. The highest BCUT2D eigenvalue weighted by Crippen LogP contribution is 2.19. The summed E-state index contributed by atoms with van der Waals surface area (Å²) in [4.78, 5) is 13.2. The molecule has 114 valence electrons. The number of aryl methyl sites for hydroxylation is 3. The smallest absolute Gasteiger partial charge is 0.172 e. The van der Waals surface area contributed by atoms with Crippen LogP contribution in [-0.2, 0) is 19.4 Å². The molecule has 2 aromatic heterocycles. The van der Waals surface area contributed by atoms with Gasteiger partial charge >= 0.3 is 0 Å². The zero-order valence-electron chi connectivity index (χ0n) is 12.3. The number of aromatic nitrogens is 4. The molecular formula is C15H17FN6. The maximum Gasteiger partial charge on any atom is 0.172 e. The van der Waals surface area contributed by atoms with Crippen molar-refractivity contribution in [1.82, 2.24) is 19.5 Å². The number of anilines is 1. The summed E-state index contributed by atoms with van der Waals surface area (Å²) in [5.74, 6) is 6.41. The third-order valence-corrected chi connectivity index (χ3v) is 3.56. The van der Waals surface area contributed by atoms with Gasteiger partial charge in [0.05, 0.1) is 6.33 Å². The highest BCUT2D eigenvalue weighted by Gasteiger charge is 2.12. The van der Waals surface area contributed by atoms with E-state index in [1.54, 1.807) is 18.5 Å². The number of nitrogen functional groups attached to an aromatic ring is 1. The summed E-state index contributed by atoms with van der Waals surface area (Å²) in [7, 11) is 0. The zero-order valence-corrected chi connectivity index (χ0v) is 12.3. The second kappa shape index (κ2) is 6.07. The second-order valence-corrected chi connectivity index (χ2v) is 4.93. The van der Waals surface area contributed by atoms with Crippen LogP contribution >= 0.6 is 0 Å². The lowest BCUT2D eigenvalue weighted by Crippen LogP contribution is -2.12. The highest BCUT2D eigenvalue weighted by atomic mass is 19.1. The predicted molar refractivity (Wildman–Crippen MR) is 82.6 cm³/mol. The Morgan fingerprint density at radius 3 is 2.77 bits per heavy atom. The number of hydrogen-bond donors (Lipinski definition) is 2. The average molecular weight is 300 g/mol. The fourth-order valence-electron chi connectivity index (χ4n) is 2.38. The third kappa shape index (κ3) is 2.62. The van der Waals surface area contributed by atoms with Crippen LogP contribution in [0.1, 0.15) is 18.3 Å². The van der Waals surface area contributed by atoms with E-state index in [-0.39, 0.29) is 5.82 Å². The molecule has 0 spiro atoms. The van der Waals surface area contributed by atoms with Crippen LogP contribution < -0.4 is 11.3 Å². The van der Waals surface area contributed by atoms with Crippen molar-refractivity contribution < 1.29 is 4.39 Å². The van der Waals surface area contributed by atoms with Gasteiger partial charge in [0.2, 0.25) is 0 Å². The van der Waals surface area contributed by atoms with E-state index in [1.165, 1.54) is 6.07 Å². The first-order valence-corrected chi connectivity index (χ1v) is 7.14. The van der Waals surface area contributed by atoms with Crippen LogP contribution in [0.2, 0.25) is 0 Å². The minimum Gasteiger partial charge on any atom is -0.315 e. The molecule has 0 saturated carbocycles. The van der Waals surface area contributed by atoms with Gasteiger partial charge in [0.25, 0.3) is 0 Å². The van der Waals surface area contributed by atoms with Crippen molar-refractivity contribution in [1.29, 1.82) is 0 Å². The molecule has 0 radical (unpaired) electrons. The molecule has 3 aromatic rings. The van der Waals surface area contributed by atoms with Crippen molar-refractivity contribution in [2.45, 2.75) is 26.3 Å². The molecule has 3 rings (SSSR count). The van der Waals surface area contributed by atoms with E-state index in [9.17, 15) is 4.39 Å². The lowest BCUT2D eigenvalue weighted by atomic mass is 10.1. The third-order valence-electron chi connectivity index (χ3n) is 3.56. The van der Waals surface area contributed by atoms with Crippen molar-refractivity contribution >= 4 is 17.0 Å². The molecule has 3 N–H and O–H groups in total. The van der Waals surface area contributed by atoms with Gasteiger partial charge in [-0.25, -0.2) is 25.2 Å². The zero-order chi connectivity index (χ0) is 15.5. The van der Waals surface area contributed by atoms with E-state index < -0.39 is 0 Å². The van der Waals surface area contributed by atoms with Crippen LogP contribution in [0.4, 0.5) is 10.2 Å². The SMILES string of the molecule is CCn1cnc2c(NN)nc(CCc3ccccc3F)nc21. The summed E-state index contributed by atoms with van der Waals surface area (Å²) in [6, 6.07) is 6.73. The monoisotopic (exact) mass is 300 g/mol. The van der Waals surface area contributed by atoms with Crippen LogP contribution in [0, 0.1) is 5.82 Å². The maximum atomic E-state index is 13.7. The Kier molecular flexibility index (Phi) is 3.97. The predicted octanol–water partition coefficient (Wildman–Crippen LogP) is 2.06. The highest BCUT2D eigenvalue weighted by molar-refractivity contribution is 5.82. The molecular weight excluding hydrogens is 283 g/mol. The van der Waals surface area contributed by atoms with E-state index in [0.717, 1.165) is 12.2 Å². The number of nitrogens with one attached hydrogen (secondary N) is 1. The summed E-state index contributed by atoms with van der Waals surface area (Å²) in [5.41, 5.74) is 4.58. The molecule has 0 saturated heterocycles.